The molecule has 0 saturated heterocycles. The van der Waals surface area contributed by atoms with Crippen molar-refractivity contribution in [3.05, 3.63) is 28.6 Å². The number of pyridine rings is 1. The minimum atomic E-state index is -0.417. The van der Waals surface area contributed by atoms with E-state index in [0.29, 0.717) is 5.69 Å². The Morgan fingerprint density at radius 3 is 2.78 bits per heavy atom. The summed E-state index contributed by atoms with van der Waals surface area (Å²) in [7, 11) is 0. The maximum atomic E-state index is 10.8. The van der Waals surface area contributed by atoms with Crippen molar-refractivity contribution in [3.8, 4) is 0 Å². The van der Waals surface area contributed by atoms with Crippen LogP contribution in [0.4, 0.5) is 11.4 Å². The van der Waals surface area contributed by atoms with Crippen LogP contribution in [0.25, 0.3) is 0 Å². The van der Waals surface area contributed by atoms with Crippen LogP contribution in [0.3, 0.4) is 0 Å². The van der Waals surface area contributed by atoms with Gasteiger partial charge in [-0.25, -0.2) is 0 Å². The fourth-order valence-corrected chi connectivity index (χ4v) is 1.75. The summed E-state index contributed by atoms with van der Waals surface area (Å²) in [5.41, 5.74) is 0.565. The van der Waals surface area contributed by atoms with Gasteiger partial charge in [-0.05, 0) is 32.1 Å². The number of hydrogen-bond acceptors (Lipinski definition) is 5. The molecule has 0 unspecified atom stereocenters. The van der Waals surface area contributed by atoms with Crippen LogP contribution in [0.2, 0.25) is 0 Å². The summed E-state index contributed by atoms with van der Waals surface area (Å²) in [6, 6.07) is 1.63. The lowest BCUT2D eigenvalue weighted by Crippen LogP contribution is -2.25. The van der Waals surface area contributed by atoms with Gasteiger partial charge in [-0.15, -0.1) is 0 Å². The molecule has 1 heterocycles. The lowest BCUT2D eigenvalue weighted by atomic mass is 10.3. The van der Waals surface area contributed by atoms with Crippen molar-refractivity contribution in [2.45, 2.75) is 20.3 Å². The van der Waals surface area contributed by atoms with Crippen molar-refractivity contribution in [2.75, 3.05) is 31.5 Å². The SMILES string of the molecule is CCN(CC)CCCNc1ccncc1[N+](=O)[O-]. The lowest BCUT2D eigenvalue weighted by molar-refractivity contribution is -0.384. The summed E-state index contributed by atoms with van der Waals surface area (Å²) >= 11 is 0. The number of aromatic nitrogens is 1. The first kappa shape index (κ1) is 14.4. The van der Waals surface area contributed by atoms with Crippen molar-refractivity contribution < 1.29 is 4.92 Å². The van der Waals surface area contributed by atoms with E-state index in [4.69, 9.17) is 0 Å². The van der Waals surface area contributed by atoms with Crippen LogP contribution in [0, 0.1) is 10.1 Å². The molecule has 1 N–H and O–H groups in total. The third-order valence-corrected chi connectivity index (χ3v) is 2.86. The molecule has 0 atom stereocenters. The lowest BCUT2D eigenvalue weighted by Gasteiger charge is -2.17. The van der Waals surface area contributed by atoms with Crippen LogP contribution in [0.1, 0.15) is 20.3 Å². The molecule has 0 aliphatic rings. The zero-order valence-corrected chi connectivity index (χ0v) is 10.9. The Morgan fingerprint density at radius 1 is 1.44 bits per heavy atom. The molecule has 0 aliphatic carbocycles. The van der Waals surface area contributed by atoms with Gasteiger partial charge in [-0.3, -0.25) is 15.1 Å². The number of nitro groups is 1. The fourth-order valence-electron chi connectivity index (χ4n) is 1.75. The average Bonchev–Trinajstić information content (AvgIpc) is 2.39. The van der Waals surface area contributed by atoms with E-state index in [1.54, 1.807) is 12.3 Å². The van der Waals surface area contributed by atoms with Gasteiger partial charge in [0.05, 0.1) is 4.92 Å². The molecule has 0 saturated carbocycles. The maximum Gasteiger partial charge on any atom is 0.310 e. The second kappa shape index (κ2) is 7.60. The Bertz CT molecular complexity index is 380. The first-order chi connectivity index (χ1) is 8.69. The number of anilines is 1. The van der Waals surface area contributed by atoms with Crippen molar-refractivity contribution in [1.82, 2.24) is 9.88 Å². The van der Waals surface area contributed by atoms with Crippen molar-refractivity contribution in [3.63, 3.8) is 0 Å². The van der Waals surface area contributed by atoms with E-state index in [9.17, 15) is 10.1 Å². The van der Waals surface area contributed by atoms with Gasteiger partial charge in [-0.1, -0.05) is 13.8 Å². The Hall–Kier alpha value is -1.69. The highest BCUT2D eigenvalue weighted by molar-refractivity contribution is 5.59. The van der Waals surface area contributed by atoms with Gasteiger partial charge in [0, 0.05) is 12.7 Å². The van der Waals surface area contributed by atoms with Crippen LogP contribution in [-0.2, 0) is 0 Å². The third kappa shape index (κ3) is 4.29. The number of nitrogens with one attached hydrogen (secondary N) is 1. The summed E-state index contributed by atoms with van der Waals surface area (Å²) in [5, 5.41) is 13.9. The molecule has 0 bridgehead atoms. The van der Waals surface area contributed by atoms with Gasteiger partial charge in [0.1, 0.15) is 11.9 Å². The molecule has 1 aromatic rings. The van der Waals surface area contributed by atoms with E-state index >= 15 is 0 Å². The molecule has 0 radical (unpaired) electrons. The van der Waals surface area contributed by atoms with Gasteiger partial charge >= 0.3 is 5.69 Å². The highest BCUT2D eigenvalue weighted by atomic mass is 16.6. The van der Waals surface area contributed by atoms with Crippen LogP contribution < -0.4 is 5.32 Å². The van der Waals surface area contributed by atoms with E-state index in [0.717, 1.165) is 32.6 Å². The third-order valence-electron chi connectivity index (χ3n) is 2.86. The molecular formula is C12H20N4O2. The molecule has 1 rings (SSSR count). The molecular weight excluding hydrogens is 232 g/mol. The molecule has 100 valence electrons. The van der Waals surface area contributed by atoms with Crippen molar-refractivity contribution in [1.29, 1.82) is 0 Å². The van der Waals surface area contributed by atoms with Gasteiger partial charge < -0.3 is 10.2 Å². The molecule has 0 fully saturated rings. The average molecular weight is 252 g/mol. The second-order valence-corrected chi connectivity index (χ2v) is 3.96. The van der Waals surface area contributed by atoms with Gasteiger partial charge in [0.15, 0.2) is 0 Å². The Labute approximate surface area is 107 Å². The highest BCUT2D eigenvalue weighted by Gasteiger charge is 2.12. The molecule has 18 heavy (non-hydrogen) atoms. The molecule has 6 nitrogen and oxygen atoms in total. The second-order valence-electron chi connectivity index (χ2n) is 3.96. The smallest absolute Gasteiger partial charge is 0.310 e. The van der Waals surface area contributed by atoms with Crippen LogP contribution in [0.15, 0.2) is 18.5 Å². The highest BCUT2D eigenvalue weighted by Crippen LogP contribution is 2.21. The molecule has 0 aliphatic heterocycles. The van der Waals surface area contributed by atoms with E-state index < -0.39 is 4.92 Å². The summed E-state index contributed by atoms with van der Waals surface area (Å²) in [6.45, 7) is 8.05. The molecule has 0 aromatic carbocycles. The monoisotopic (exact) mass is 252 g/mol. The van der Waals surface area contributed by atoms with Crippen molar-refractivity contribution in [2.24, 2.45) is 0 Å². The maximum absolute atomic E-state index is 10.8. The minimum Gasteiger partial charge on any atom is -0.379 e. The van der Waals surface area contributed by atoms with E-state index in [1.165, 1.54) is 6.20 Å². The van der Waals surface area contributed by atoms with Crippen LogP contribution in [-0.4, -0.2) is 41.0 Å². The number of hydrogen-bond donors (Lipinski definition) is 1. The Morgan fingerprint density at radius 2 is 2.17 bits per heavy atom. The van der Waals surface area contributed by atoms with Gasteiger partial charge in [0.2, 0.25) is 0 Å². The number of rotatable bonds is 8. The zero-order valence-electron chi connectivity index (χ0n) is 10.9. The Balaban J connectivity index is 2.42. The Kier molecular flexibility index (Phi) is 6.07. The van der Waals surface area contributed by atoms with Crippen LogP contribution >= 0.6 is 0 Å². The van der Waals surface area contributed by atoms with E-state index in [1.807, 2.05) is 0 Å². The van der Waals surface area contributed by atoms with Crippen LogP contribution in [0.5, 0.6) is 0 Å². The summed E-state index contributed by atoms with van der Waals surface area (Å²) < 4.78 is 0. The predicted octanol–water partition coefficient (Wildman–Crippen LogP) is 2.13. The summed E-state index contributed by atoms with van der Waals surface area (Å²) in [4.78, 5) is 16.4. The number of nitrogens with zero attached hydrogens (tertiary/aromatic N) is 3. The first-order valence-corrected chi connectivity index (χ1v) is 6.23. The summed E-state index contributed by atoms with van der Waals surface area (Å²) in [6.07, 6.45) is 3.79. The largest absolute Gasteiger partial charge is 0.379 e. The first-order valence-electron chi connectivity index (χ1n) is 6.23. The van der Waals surface area contributed by atoms with Crippen molar-refractivity contribution >= 4 is 11.4 Å². The standard InChI is InChI=1S/C12H20N4O2/c1-3-15(4-2)9-5-7-14-11-6-8-13-10-12(11)16(17)18/h6,8,10H,3-5,7,9H2,1-2H3,(H,13,14). The molecule has 0 spiro atoms. The van der Waals surface area contributed by atoms with E-state index in [2.05, 4.69) is 29.0 Å². The molecule has 6 heteroatoms. The fraction of sp³-hybridized carbons (Fsp3) is 0.583. The van der Waals surface area contributed by atoms with E-state index in [-0.39, 0.29) is 5.69 Å². The summed E-state index contributed by atoms with van der Waals surface area (Å²) in [5.74, 6) is 0. The quantitative estimate of drug-likeness (QED) is 0.436. The topological polar surface area (TPSA) is 71.3 Å². The minimum absolute atomic E-state index is 0.0281. The predicted molar refractivity (Wildman–Crippen MR) is 71.8 cm³/mol. The normalized spacial score (nSPS) is 10.6. The van der Waals surface area contributed by atoms with Gasteiger partial charge in [-0.2, -0.15) is 0 Å². The molecule has 1 aromatic heterocycles. The zero-order chi connectivity index (χ0) is 13.4. The van der Waals surface area contributed by atoms with Gasteiger partial charge in [0.25, 0.3) is 0 Å². The molecule has 0 amide bonds.